The number of amides is 3. The van der Waals surface area contributed by atoms with Crippen LogP contribution >= 0.6 is 15.9 Å². The molecule has 0 unspecified atom stereocenters. The first-order chi connectivity index (χ1) is 18.3. The van der Waals surface area contributed by atoms with Gasteiger partial charge in [0, 0.05) is 35.4 Å². The summed E-state index contributed by atoms with van der Waals surface area (Å²) in [5, 5.41) is 5.91. The molecular formula is C30H32BrN3O4. The lowest BCUT2D eigenvalue weighted by molar-refractivity contribution is -0.126. The van der Waals surface area contributed by atoms with Crippen molar-refractivity contribution >= 4 is 45.0 Å². The Balaban J connectivity index is 1.26. The lowest BCUT2D eigenvalue weighted by atomic mass is 10.1. The van der Waals surface area contributed by atoms with Crippen molar-refractivity contribution in [2.75, 3.05) is 29.9 Å². The average molecular weight is 579 g/mol. The molecule has 0 bridgehead atoms. The van der Waals surface area contributed by atoms with E-state index in [4.69, 9.17) is 4.74 Å². The van der Waals surface area contributed by atoms with Crippen molar-refractivity contribution in [2.45, 2.75) is 33.1 Å². The van der Waals surface area contributed by atoms with Crippen molar-refractivity contribution in [3.05, 3.63) is 87.9 Å². The Bertz CT molecular complexity index is 1290. The number of nitrogens with one attached hydrogen (secondary N) is 2. The van der Waals surface area contributed by atoms with E-state index >= 15 is 0 Å². The van der Waals surface area contributed by atoms with Gasteiger partial charge in [0.05, 0.1) is 5.92 Å². The first-order valence-electron chi connectivity index (χ1n) is 12.8. The number of hydrogen-bond acceptors (Lipinski definition) is 4. The molecule has 1 saturated heterocycles. The molecule has 4 rings (SSSR count). The molecule has 0 saturated carbocycles. The van der Waals surface area contributed by atoms with Gasteiger partial charge in [0.2, 0.25) is 11.8 Å². The zero-order chi connectivity index (χ0) is 27.1. The number of aryl methyl sites for hydroxylation is 2. The van der Waals surface area contributed by atoms with Crippen LogP contribution in [0.1, 0.15) is 30.0 Å². The fourth-order valence-electron chi connectivity index (χ4n) is 4.57. The summed E-state index contributed by atoms with van der Waals surface area (Å²) in [7, 11) is 0. The zero-order valence-corrected chi connectivity index (χ0v) is 23.2. The number of anilines is 2. The maximum atomic E-state index is 12.6. The van der Waals surface area contributed by atoms with E-state index in [1.165, 1.54) is 0 Å². The maximum absolute atomic E-state index is 12.6. The minimum Gasteiger partial charge on any atom is -0.484 e. The Labute approximate surface area is 231 Å². The van der Waals surface area contributed by atoms with E-state index in [0.717, 1.165) is 39.7 Å². The summed E-state index contributed by atoms with van der Waals surface area (Å²) < 4.78 is 6.65. The summed E-state index contributed by atoms with van der Waals surface area (Å²) in [5.41, 5.74) is 4.70. The number of nitrogens with zero attached hydrogens (tertiary/aromatic N) is 1. The van der Waals surface area contributed by atoms with Crippen LogP contribution in [0.15, 0.2) is 71.2 Å². The second-order valence-corrected chi connectivity index (χ2v) is 10.3. The summed E-state index contributed by atoms with van der Waals surface area (Å²) >= 11 is 3.50. The van der Waals surface area contributed by atoms with Gasteiger partial charge in [-0.2, -0.15) is 0 Å². The van der Waals surface area contributed by atoms with E-state index in [0.29, 0.717) is 24.5 Å². The maximum Gasteiger partial charge on any atom is 0.262 e. The lowest BCUT2D eigenvalue weighted by Gasteiger charge is -2.17. The van der Waals surface area contributed by atoms with Crippen LogP contribution in [-0.2, 0) is 27.2 Å². The molecule has 0 spiro atoms. The molecule has 1 fully saturated rings. The molecular weight excluding hydrogens is 546 g/mol. The van der Waals surface area contributed by atoms with Gasteiger partial charge >= 0.3 is 0 Å². The van der Waals surface area contributed by atoms with Gasteiger partial charge < -0.3 is 20.3 Å². The largest absolute Gasteiger partial charge is 0.484 e. The fraction of sp³-hybridized carbons (Fsp3) is 0.300. The molecule has 1 aliphatic heterocycles. The molecule has 3 aromatic carbocycles. The van der Waals surface area contributed by atoms with E-state index in [1.807, 2.05) is 56.3 Å². The van der Waals surface area contributed by atoms with Gasteiger partial charge in [-0.05, 0) is 72.9 Å². The second kappa shape index (κ2) is 12.7. The van der Waals surface area contributed by atoms with Gasteiger partial charge in [0.25, 0.3) is 5.91 Å². The summed E-state index contributed by atoms with van der Waals surface area (Å²) in [5.74, 6) is -0.292. The summed E-state index contributed by atoms with van der Waals surface area (Å²) in [6, 6.07) is 20.9. The van der Waals surface area contributed by atoms with Gasteiger partial charge in [0.15, 0.2) is 6.61 Å². The Hall–Kier alpha value is -3.65. The van der Waals surface area contributed by atoms with E-state index in [-0.39, 0.29) is 36.7 Å². The first kappa shape index (κ1) is 27.4. The van der Waals surface area contributed by atoms with E-state index < -0.39 is 0 Å². The summed E-state index contributed by atoms with van der Waals surface area (Å²) in [4.78, 5) is 39.4. The molecule has 7 nitrogen and oxygen atoms in total. The molecule has 0 radical (unpaired) electrons. The molecule has 2 N–H and O–H groups in total. The molecule has 3 amide bonds. The molecule has 0 aliphatic carbocycles. The summed E-state index contributed by atoms with van der Waals surface area (Å²) in [6.07, 6.45) is 1.73. The highest BCUT2D eigenvalue weighted by Crippen LogP contribution is 2.28. The van der Waals surface area contributed by atoms with Crippen molar-refractivity contribution in [1.29, 1.82) is 0 Å². The fourth-order valence-corrected chi connectivity index (χ4v) is 5.19. The normalized spacial score (nSPS) is 14.9. The highest BCUT2D eigenvalue weighted by atomic mass is 79.9. The second-order valence-electron chi connectivity index (χ2n) is 9.37. The van der Waals surface area contributed by atoms with Crippen LogP contribution in [0.25, 0.3) is 0 Å². The Morgan fingerprint density at radius 1 is 1.08 bits per heavy atom. The van der Waals surface area contributed by atoms with Crippen LogP contribution in [0.4, 0.5) is 11.4 Å². The third kappa shape index (κ3) is 7.01. The number of benzene rings is 3. The third-order valence-corrected chi connectivity index (χ3v) is 7.06. The van der Waals surface area contributed by atoms with Crippen LogP contribution in [0, 0.1) is 12.8 Å². The SMILES string of the molecule is CCc1cc(Br)cc(C)c1NC(=O)COc1ccc(N2C[C@H](C(=O)NCCc3ccccc3)CC2=O)cc1. The number of ether oxygens (including phenoxy) is 1. The average Bonchev–Trinajstić information content (AvgIpc) is 3.31. The standard InChI is InChI=1S/C30H32BrN3O4/c1-3-22-16-24(31)15-20(2)29(22)33-27(35)19-38-26-11-9-25(10-12-26)34-18-23(17-28(34)36)30(37)32-14-13-21-7-5-4-6-8-21/h4-12,15-16,23H,3,13-14,17-19H2,1-2H3,(H,32,37)(H,33,35)/t23-/m1/s1. The van der Waals surface area contributed by atoms with Crippen LogP contribution in [0.5, 0.6) is 5.75 Å². The van der Waals surface area contributed by atoms with Crippen molar-refractivity contribution in [2.24, 2.45) is 5.92 Å². The van der Waals surface area contributed by atoms with Crippen molar-refractivity contribution in [1.82, 2.24) is 5.32 Å². The number of hydrogen-bond donors (Lipinski definition) is 2. The number of halogens is 1. The van der Waals surface area contributed by atoms with Crippen LogP contribution in [0.2, 0.25) is 0 Å². The van der Waals surface area contributed by atoms with E-state index in [2.05, 4.69) is 26.6 Å². The lowest BCUT2D eigenvalue weighted by Crippen LogP contribution is -2.34. The number of carbonyl (C=O) groups is 3. The molecule has 8 heteroatoms. The van der Waals surface area contributed by atoms with Crippen molar-refractivity contribution < 1.29 is 19.1 Å². The molecule has 3 aromatic rings. The zero-order valence-electron chi connectivity index (χ0n) is 21.6. The van der Waals surface area contributed by atoms with Crippen molar-refractivity contribution in [3.63, 3.8) is 0 Å². The van der Waals surface area contributed by atoms with Crippen molar-refractivity contribution in [3.8, 4) is 5.75 Å². The Kier molecular flexibility index (Phi) is 9.18. The Morgan fingerprint density at radius 2 is 1.82 bits per heavy atom. The van der Waals surface area contributed by atoms with Crippen LogP contribution in [0.3, 0.4) is 0 Å². The molecule has 0 aromatic heterocycles. The highest BCUT2D eigenvalue weighted by molar-refractivity contribution is 9.10. The predicted molar refractivity (Wildman–Crippen MR) is 152 cm³/mol. The first-order valence-corrected chi connectivity index (χ1v) is 13.6. The topological polar surface area (TPSA) is 87.7 Å². The van der Waals surface area contributed by atoms with Gasteiger partial charge in [-0.25, -0.2) is 0 Å². The summed E-state index contributed by atoms with van der Waals surface area (Å²) in [6.45, 7) is 4.74. The third-order valence-electron chi connectivity index (χ3n) is 6.60. The van der Waals surface area contributed by atoms with Crippen LogP contribution < -0.4 is 20.3 Å². The van der Waals surface area contributed by atoms with Gasteiger partial charge in [-0.15, -0.1) is 0 Å². The van der Waals surface area contributed by atoms with Gasteiger partial charge in [0.1, 0.15) is 5.75 Å². The number of carbonyl (C=O) groups excluding carboxylic acids is 3. The molecule has 1 aliphatic rings. The monoisotopic (exact) mass is 577 g/mol. The van der Waals surface area contributed by atoms with E-state index in [1.54, 1.807) is 29.2 Å². The molecule has 38 heavy (non-hydrogen) atoms. The molecule has 1 heterocycles. The molecule has 1 atom stereocenters. The molecule has 198 valence electrons. The highest BCUT2D eigenvalue weighted by Gasteiger charge is 2.35. The quantitative estimate of drug-likeness (QED) is 0.353. The minimum absolute atomic E-state index is 0.0853. The predicted octanol–water partition coefficient (Wildman–Crippen LogP) is 5.05. The minimum atomic E-state index is -0.382. The Morgan fingerprint density at radius 3 is 2.53 bits per heavy atom. The van der Waals surface area contributed by atoms with Gasteiger partial charge in [-0.3, -0.25) is 14.4 Å². The van der Waals surface area contributed by atoms with E-state index in [9.17, 15) is 14.4 Å². The number of rotatable bonds is 10. The smallest absolute Gasteiger partial charge is 0.262 e. The van der Waals surface area contributed by atoms with Crippen LogP contribution in [-0.4, -0.2) is 37.4 Å². The van der Waals surface area contributed by atoms with Gasteiger partial charge in [-0.1, -0.05) is 53.2 Å².